The minimum absolute atomic E-state index is 0.868. The van der Waals surface area contributed by atoms with Crippen LogP contribution >= 0.6 is 0 Å². The summed E-state index contributed by atoms with van der Waals surface area (Å²) in [5.41, 5.74) is 0. The molecule has 0 aromatic heterocycles. The lowest BCUT2D eigenvalue weighted by Crippen LogP contribution is -3.13. The molecular formula is C11H22NO+. The van der Waals surface area contributed by atoms with Crippen molar-refractivity contribution in [2.45, 2.75) is 39.0 Å². The summed E-state index contributed by atoms with van der Waals surface area (Å²) in [6.45, 7) is 5.49. The van der Waals surface area contributed by atoms with Gasteiger partial charge >= 0.3 is 0 Å². The van der Waals surface area contributed by atoms with Crippen LogP contribution in [0.25, 0.3) is 0 Å². The molecule has 0 aromatic carbocycles. The van der Waals surface area contributed by atoms with Crippen LogP contribution in [-0.4, -0.2) is 19.7 Å². The smallest absolute Gasteiger partial charge is 0.110 e. The van der Waals surface area contributed by atoms with Crippen molar-refractivity contribution in [3.8, 4) is 0 Å². The standard InChI is InChI=1S/C11H21NO/c1-2-13-12-8-7-10-5-3-4-6-11(10)9-12/h10-11H,2-9H2,1H3/p+1. The molecule has 1 saturated heterocycles. The van der Waals surface area contributed by atoms with Crippen LogP contribution in [0.2, 0.25) is 0 Å². The molecule has 1 aliphatic heterocycles. The van der Waals surface area contributed by atoms with Gasteiger partial charge in [0.1, 0.15) is 19.7 Å². The molecule has 2 nitrogen and oxygen atoms in total. The van der Waals surface area contributed by atoms with E-state index in [0.29, 0.717) is 0 Å². The van der Waals surface area contributed by atoms with Gasteiger partial charge in [-0.25, -0.2) is 4.84 Å². The van der Waals surface area contributed by atoms with Gasteiger partial charge in [0.05, 0.1) is 0 Å². The van der Waals surface area contributed by atoms with Crippen molar-refractivity contribution in [1.29, 1.82) is 0 Å². The largest absolute Gasteiger partial charge is 0.205 e. The maximum atomic E-state index is 5.65. The van der Waals surface area contributed by atoms with Crippen molar-refractivity contribution in [2.75, 3.05) is 19.7 Å². The molecule has 1 N–H and O–H groups in total. The van der Waals surface area contributed by atoms with E-state index < -0.39 is 0 Å². The van der Waals surface area contributed by atoms with E-state index in [2.05, 4.69) is 6.92 Å². The van der Waals surface area contributed by atoms with Crippen LogP contribution in [0.4, 0.5) is 0 Å². The zero-order valence-electron chi connectivity index (χ0n) is 8.72. The molecule has 0 amide bonds. The third-order valence-corrected chi connectivity index (χ3v) is 3.70. The van der Waals surface area contributed by atoms with Crippen LogP contribution in [0.5, 0.6) is 0 Å². The molecule has 2 rings (SSSR count). The lowest BCUT2D eigenvalue weighted by Gasteiger charge is -2.37. The maximum Gasteiger partial charge on any atom is 0.110 e. The molecule has 13 heavy (non-hydrogen) atoms. The maximum absolute atomic E-state index is 5.65. The number of fused-ring (bicyclic) bond motifs is 1. The van der Waals surface area contributed by atoms with Gasteiger partial charge in [-0.05, 0) is 25.7 Å². The highest BCUT2D eigenvalue weighted by atomic mass is 16.7. The van der Waals surface area contributed by atoms with E-state index in [4.69, 9.17) is 4.84 Å². The molecule has 1 aliphatic carbocycles. The number of quaternary nitrogens is 1. The van der Waals surface area contributed by atoms with E-state index >= 15 is 0 Å². The van der Waals surface area contributed by atoms with Gasteiger partial charge in [0.15, 0.2) is 0 Å². The Morgan fingerprint density at radius 2 is 1.92 bits per heavy atom. The van der Waals surface area contributed by atoms with E-state index in [1.54, 1.807) is 0 Å². The molecule has 2 heteroatoms. The number of hydrogen-bond donors (Lipinski definition) is 1. The molecule has 0 bridgehead atoms. The fraction of sp³-hybridized carbons (Fsp3) is 1.00. The fourth-order valence-electron chi connectivity index (χ4n) is 3.01. The molecule has 1 heterocycles. The first-order chi connectivity index (χ1) is 6.40. The van der Waals surface area contributed by atoms with Crippen LogP contribution in [0.15, 0.2) is 0 Å². The first kappa shape index (κ1) is 9.47. The summed E-state index contributed by atoms with van der Waals surface area (Å²) in [6, 6.07) is 0. The molecule has 2 fully saturated rings. The fourth-order valence-corrected chi connectivity index (χ4v) is 3.01. The lowest BCUT2D eigenvalue weighted by atomic mass is 9.75. The highest BCUT2D eigenvalue weighted by molar-refractivity contribution is 4.76. The number of piperidine rings is 1. The molecule has 3 unspecified atom stereocenters. The Kier molecular flexibility index (Phi) is 3.23. The second-order valence-electron chi connectivity index (χ2n) is 4.52. The molecule has 3 atom stereocenters. The minimum Gasteiger partial charge on any atom is -0.205 e. The first-order valence-electron chi connectivity index (χ1n) is 5.87. The molecule has 0 spiro atoms. The number of hydroxylamine groups is 2. The van der Waals surface area contributed by atoms with Gasteiger partial charge in [-0.1, -0.05) is 12.8 Å². The Morgan fingerprint density at radius 1 is 1.15 bits per heavy atom. The summed E-state index contributed by atoms with van der Waals surface area (Å²) in [7, 11) is 0. The summed E-state index contributed by atoms with van der Waals surface area (Å²) in [6.07, 6.45) is 7.29. The lowest BCUT2D eigenvalue weighted by molar-refractivity contribution is -1.10. The van der Waals surface area contributed by atoms with E-state index in [9.17, 15) is 0 Å². The third kappa shape index (κ3) is 2.23. The first-order valence-corrected chi connectivity index (χ1v) is 5.87. The molecule has 0 radical (unpaired) electrons. The highest BCUT2D eigenvalue weighted by Gasteiger charge is 2.34. The van der Waals surface area contributed by atoms with E-state index in [0.717, 1.165) is 18.4 Å². The number of nitrogens with one attached hydrogen (secondary N) is 1. The topological polar surface area (TPSA) is 13.7 Å². The molecular weight excluding hydrogens is 162 g/mol. The van der Waals surface area contributed by atoms with E-state index in [1.807, 2.05) is 0 Å². The van der Waals surface area contributed by atoms with Crippen LogP contribution in [0.3, 0.4) is 0 Å². The molecule has 2 aliphatic rings. The molecule has 0 aromatic rings. The van der Waals surface area contributed by atoms with Crippen molar-refractivity contribution in [2.24, 2.45) is 11.8 Å². The van der Waals surface area contributed by atoms with Gasteiger partial charge in [0, 0.05) is 12.3 Å². The van der Waals surface area contributed by atoms with Gasteiger partial charge in [0.25, 0.3) is 0 Å². The Balaban J connectivity index is 1.84. The highest BCUT2D eigenvalue weighted by Crippen LogP contribution is 2.32. The van der Waals surface area contributed by atoms with Gasteiger partial charge in [-0.2, -0.15) is 5.06 Å². The Hall–Kier alpha value is -0.0800. The van der Waals surface area contributed by atoms with Crippen molar-refractivity contribution >= 4 is 0 Å². The number of rotatable bonds is 2. The van der Waals surface area contributed by atoms with Gasteiger partial charge in [-0.15, -0.1) is 0 Å². The van der Waals surface area contributed by atoms with Gasteiger partial charge in [0.2, 0.25) is 0 Å². The Labute approximate surface area is 81.2 Å². The van der Waals surface area contributed by atoms with Crippen molar-refractivity contribution < 1.29 is 9.90 Å². The predicted octanol–water partition coefficient (Wildman–Crippen LogP) is 1.03. The zero-order valence-corrected chi connectivity index (χ0v) is 8.72. The molecule has 1 saturated carbocycles. The molecule has 76 valence electrons. The van der Waals surface area contributed by atoms with E-state index in [-0.39, 0.29) is 0 Å². The minimum atomic E-state index is 0.868. The summed E-state index contributed by atoms with van der Waals surface area (Å²) < 4.78 is 0. The summed E-state index contributed by atoms with van der Waals surface area (Å²) >= 11 is 0. The number of hydrogen-bond acceptors (Lipinski definition) is 1. The normalized spacial score (nSPS) is 39.9. The quantitative estimate of drug-likeness (QED) is 0.677. The third-order valence-electron chi connectivity index (χ3n) is 3.70. The summed E-state index contributed by atoms with van der Waals surface area (Å²) in [5, 5.41) is 1.39. The van der Waals surface area contributed by atoms with Crippen LogP contribution in [0.1, 0.15) is 39.0 Å². The average molecular weight is 184 g/mol. The Morgan fingerprint density at radius 3 is 2.69 bits per heavy atom. The van der Waals surface area contributed by atoms with Crippen molar-refractivity contribution in [3.63, 3.8) is 0 Å². The van der Waals surface area contributed by atoms with Gasteiger partial charge < -0.3 is 0 Å². The van der Waals surface area contributed by atoms with E-state index in [1.165, 1.54) is 50.3 Å². The van der Waals surface area contributed by atoms with Crippen molar-refractivity contribution in [1.82, 2.24) is 0 Å². The Bertz CT molecular complexity index is 160. The SMILES string of the molecule is CCO[NH+]1CCC2CCCCC2C1. The summed E-state index contributed by atoms with van der Waals surface area (Å²) in [4.78, 5) is 5.65. The monoisotopic (exact) mass is 184 g/mol. The van der Waals surface area contributed by atoms with Crippen LogP contribution in [0, 0.1) is 11.8 Å². The zero-order chi connectivity index (χ0) is 9.10. The van der Waals surface area contributed by atoms with Crippen molar-refractivity contribution in [3.05, 3.63) is 0 Å². The van der Waals surface area contributed by atoms with Gasteiger partial charge in [-0.3, -0.25) is 0 Å². The second-order valence-corrected chi connectivity index (χ2v) is 4.52. The van der Waals surface area contributed by atoms with Crippen LogP contribution in [-0.2, 0) is 4.84 Å². The summed E-state index contributed by atoms with van der Waals surface area (Å²) in [5.74, 6) is 2.02. The second kappa shape index (κ2) is 4.43. The van der Waals surface area contributed by atoms with Crippen LogP contribution < -0.4 is 5.06 Å². The predicted molar refractivity (Wildman–Crippen MR) is 52.4 cm³/mol. The average Bonchev–Trinajstić information content (AvgIpc) is 2.18.